The van der Waals surface area contributed by atoms with Crippen LogP contribution in [0.5, 0.6) is 0 Å². The Morgan fingerprint density at radius 3 is 1.28 bits per heavy atom. The predicted molar refractivity (Wildman–Crippen MR) is 235 cm³/mol. The summed E-state index contributed by atoms with van der Waals surface area (Å²) in [6.45, 7) is 4.20. The molecule has 0 radical (unpaired) electrons. The van der Waals surface area contributed by atoms with Gasteiger partial charge < -0.3 is 0 Å². The van der Waals surface area contributed by atoms with Crippen molar-refractivity contribution in [1.29, 1.82) is 0 Å². The van der Waals surface area contributed by atoms with Gasteiger partial charge in [-0.1, -0.05) is 177 Å². The minimum Gasteiger partial charge on any atom is -0.258 e. The van der Waals surface area contributed by atoms with Crippen LogP contribution in [-0.4, -0.2) is 19.9 Å². The molecule has 57 heavy (non-hydrogen) atoms. The van der Waals surface area contributed by atoms with Crippen molar-refractivity contribution >= 4 is 0 Å². The van der Waals surface area contributed by atoms with Gasteiger partial charge in [0.25, 0.3) is 0 Å². The fourth-order valence-corrected chi connectivity index (χ4v) is 7.52. The maximum absolute atomic E-state index is 5.12. The molecule has 0 N–H and O–H groups in total. The normalized spacial score (nSPS) is 11.1. The summed E-state index contributed by atoms with van der Waals surface area (Å²) in [7, 11) is 0. The third kappa shape index (κ3) is 7.41. The topological polar surface area (TPSA) is 51.6 Å². The van der Waals surface area contributed by atoms with Gasteiger partial charge in [0.2, 0.25) is 0 Å². The molecule has 0 saturated heterocycles. The maximum atomic E-state index is 5.12. The number of benzene rings is 7. The first-order chi connectivity index (χ1) is 28.1. The molecule has 0 saturated carbocycles. The highest BCUT2D eigenvalue weighted by molar-refractivity contribution is 5.98. The van der Waals surface area contributed by atoms with E-state index in [1.807, 2.05) is 30.3 Å². The number of pyridine rings is 1. The third-order valence-electron chi connectivity index (χ3n) is 10.5. The van der Waals surface area contributed by atoms with Crippen LogP contribution in [0.15, 0.2) is 194 Å². The lowest BCUT2D eigenvalue weighted by atomic mass is 9.84. The van der Waals surface area contributed by atoms with Crippen LogP contribution in [0, 0.1) is 6.92 Å². The van der Waals surface area contributed by atoms with E-state index in [0.29, 0.717) is 17.5 Å². The van der Waals surface area contributed by atoms with Crippen LogP contribution >= 0.6 is 0 Å². The minimum absolute atomic E-state index is 0.618. The van der Waals surface area contributed by atoms with E-state index in [-0.39, 0.29) is 0 Å². The average molecular weight is 733 g/mol. The van der Waals surface area contributed by atoms with E-state index in [0.717, 1.165) is 62.3 Å². The van der Waals surface area contributed by atoms with Gasteiger partial charge in [0.05, 0.1) is 0 Å². The molecule has 0 spiro atoms. The fourth-order valence-electron chi connectivity index (χ4n) is 7.52. The van der Waals surface area contributed by atoms with Crippen molar-refractivity contribution in [3.63, 3.8) is 0 Å². The Morgan fingerprint density at radius 1 is 0.316 bits per heavy atom. The van der Waals surface area contributed by atoms with Crippen LogP contribution in [-0.2, 0) is 6.42 Å². The summed E-state index contributed by atoms with van der Waals surface area (Å²) in [6.07, 6.45) is 0.904. The van der Waals surface area contributed by atoms with Gasteiger partial charge in [0, 0.05) is 33.6 Å². The predicted octanol–water partition coefficient (Wildman–Crippen LogP) is 13.5. The maximum Gasteiger partial charge on any atom is 0.164 e. The van der Waals surface area contributed by atoms with E-state index in [9.17, 15) is 0 Å². The zero-order chi connectivity index (χ0) is 38.6. The molecule has 9 rings (SSSR count). The molecule has 0 aliphatic carbocycles. The van der Waals surface area contributed by atoms with E-state index in [2.05, 4.69) is 178 Å². The van der Waals surface area contributed by atoms with Crippen molar-refractivity contribution in [3.05, 3.63) is 206 Å². The zero-order valence-corrected chi connectivity index (χ0v) is 32.0. The number of hydrogen-bond donors (Lipinski definition) is 0. The number of aryl methyl sites for hydroxylation is 2. The van der Waals surface area contributed by atoms with Gasteiger partial charge in [-0.3, -0.25) is 4.98 Å². The van der Waals surface area contributed by atoms with E-state index in [1.165, 1.54) is 27.8 Å². The van der Waals surface area contributed by atoms with Gasteiger partial charge in [-0.25, -0.2) is 15.0 Å². The highest BCUT2D eigenvalue weighted by Crippen LogP contribution is 2.44. The Balaban J connectivity index is 1.18. The Kier molecular flexibility index (Phi) is 9.82. The lowest BCUT2D eigenvalue weighted by Gasteiger charge is -2.19. The summed E-state index contributed by atoms with van der Waals surface area (Å²) in [4.78, 5) is 20.0. The molecule has 0 atom stereocenters. The van der Waals surface area contributed by atoms with Gasteiger partial charge in [-0.2, -0.15) is 0 Å². The molecule has 0 bridgehead atoms. The van der Waals surface area contributed by atoms with Crippen molar-refractivity contribution in [2.75, 3.05) is 0 Å². The lowest BCUT2D eigenvalue weighted by Crippen LogP contribution is -2.00. The SMILES string of the molecule is CCc1ccc(-c2cccc(-c3nc(-c4ccccc4)nc(-c4ccc(-c5c(-c6ccccc6)cc(-c6ccccc6)cc5-c5ccccc5)cc4)n3)c2)c(C)n1. The quantitative estimate of drug-likeness (QED) is 0.148. The highest BCUT2D eigenvalue weighted by atomic mass is 15.0. The summed E-state index contributed by atoms with van der Waals surface area (Å²) < 4.78 is 0. The van der Waals surface area contributed by atoms with E-state index >= 15 is 0 Å². The molecule has 4 heteroatoms. The van der Waals surface area contributed by atoms with Crippen LogP contribution in [0.2, 0.25) is 0 Å². The highest BCUT2D eigenvalue weighted by Gasteiger charge is 2.19. The van der Waals surface area contributed by atoms with Gasteiger partial charge >= 0.3 is 0 Å². The van der Waals surface area contributed by atoms with Crippen molar-refractivity contribution < 1.29 is 0 Å². The molecule has 272 valence electrons. The van der Waals surface area contributed by atoms with Crippen molar-refractivity contribution in [3.8, 4) is 89.8 Å². The Hall–Kier alpha value is -7.30. The molecule has 9 aromatic rings. The molecule has 4 nitrogen and oxygen atoms in total. The zero-order valence-electron chi connectivity index (χ0n) is 32.0. The molecule has 7 aromatic carbocycles. The monoisotopic (exact) mass is 732 g/mol. The van der Waals surface area contributed by atoms with Gasteiger partial charge in [-0.05, 0) is 87.7 Å². The van der Waals surface area contributed by atoms with Crippen LogP contribution in [0.3, 0.4) is 0 Å². The van der Waals surface area contributed by atoms with E-state index < -0.39 is 0 Å². The van der Waals surface area contributed by atoms with Crippen LogP contribution in [0.4, 0.5) is 0 Å². The first-order valence-electron chi connectivity index (χ1n) is 19.5. The molecule has 0 fully saturated rings. The van der Waals surface area contributed by atoms with Crippen molar-refractivity contribution in [1.82, 2.24) is 19.9 Å². The second-order valence-electron chi connectivity index (χ2n) is 14.2. The first-order valence-corrected chi connectivity index (χ1v) is 19.5. The molecular weight excluding hydrogens is 693 g/mol. The summed E-state index contributed by atoms with van der Waals surface area (Å²) in [5, 5.41) is 0. The number of hydrogen-bond acceptors (Lipinski definition) is 4. The number of nitrogens with zero attached hydrogens (tertiary/aromatic N) is 4. The Bertz CT molecular complexity index is 2740. The smallest absolute Gasteiger partial charge is 0.164 e. The Labute approximate surface area is 334 Å². The van der Waals surface area contributed by atoms with Crippen LogP contribution < -0.4 is 0 Å². The minimum atomic E-state index is 0.618. The largest absolute Gasteiger partial charge is 0.258 e. The molecule has 0 amide bonds. The van der Waals surface area contributed by atoms with Gasteiger partial charge in [0.15, 0.2) is 17.5 Å². The molecule has 0 unspecified atom stereocenters. The molecule has 0 aliphatic rings. The van der Waals surface area contributed by atoms with E-state index in [1.54, 1.807) is 0 Å². The Morgan fingerprint density at radius 2 is 0.754 bits per heavy atom. The molecule has 2 aromatic heterocycles. The summed E-state index contributed by atoms with van der Waals surface area (Å²) in [5.41, 5.74) is 16.4. The third-order valence-corrected chi connectivity index (χ3v) is 10.5. The number of aromatic nitrogens is 4. The lowest BCUT2D eigenvalue weighted by molar-refractivity contribution is 1.01. The molecule has 0 aliphatic heterocycles. The average Bonchev–Trinajstić information content (AvgIpc) is 3.29. The van der Waals surface area contributed by atoms with Crippen LogP contribution in [0.1, 0.15) is 18.3 Å². The van der Waals surface area contributed by atoms with Gasteiger partial charge in [0.1, 0.15) is 0 Å². The van der Waals surface area contributed by atoms with E-state index in [4.69, 9.17) is 19.9 Å². The fraction of sp³-hybridized carbons (Fsp3) is 0.0566. The van der Waals surface area contributed by atoms with Crippen molar-refractivity contribution in [2.45, 2.75) is 20.3 Å². The van der Waals surface area contributed by atoms with Crippen molar-refractivity contribution in [2.24, 2.45) is 0 Å². The summed E-state index contributed by atoms with van der Waals surface area (Å²) in [5.74, 6) is 1.87. The second kappa shape index (κ2) is 15.8. The number of rotatable bonds is 9. The summed E-state index contributed by atoms with van der Waals surface area (Å²) >= 11 is 0. The second-order valence-corrected chi connectivity index (χ2v) is 14.2. The van der Waals surface area contributed by atoms with Gasteiger partial charge in [-0.15, -0.1) is 0 Å². The first kappa shape index (κ1) is 35.4. The molecule has 2 heterocycles. The standard InChI is InChI=1S/C53H40N4/c1-3-46-31-32-47(36(2)54-46)43-25-16-26-44(33-43)53-56-51(41-23-14-7-15-24-41)55-52(57-53)42-29-27-40(28-30-42)50-48(38-19-10-5-11-20-38)34-45(37-17-8-4-9-18-37)35-49(50)39-21-12-6-13-22-39/h4-35H,3H2,1-2H3. The molecular formula is C53H40N4. The van der Waals surface area contributed by atoms with Crippen LogP contribution in [0.25, 0.3) is 89.8 Å². The summed E-state index contributed by atoms with van der Waals surface area (Å²) in [6, 6.07) is 68.1.